The molecule has 0 spiro atoms. The lowest BCUT2D eigenvalue weighted by molar-refractivity contribution is 0.620. The van der Waals surface area contributed by atoms with Crippen LogP contribution in [-0.4, -0.2) is 15.0 Å². The average Bonchev–Trinajstić information content (AvgIpc) is 3.49. The van der Waals surface area contributed by atoms with Crippen LogP contribution in [0.4, 0.5) is 0 Å². The van der Waals surface area contributed by atoms with Crippen LogP contribution >= 0.6 is 0 Å². The van der Waals surface area contributed by atoms with Gasteiger partial charge in [-0.15, -0.1) is 0 Å². The Morgan fingerprint density at radius 2 is 1.12 bits per heavy atom. The van der Waals surface area contributed by atoms with Crippen molar-refractivity contribution >= 4 is 21.9 Å². The molecule has 7 aromatic rings. The Morgan fingerprint density at radius 1 is 0.525 bits per heavy atom. The predicted octanol–water partition coefficient (Wildman–Crippen LogP) is 9.08. The van der Waals surface area contributed by atoms with Crippen molar-refractivity contribution in [2.75, 3.05) is 0 Å². The quantitative estimate of drug-likeness (QED) is 0.235. The molecule has 0 atom stereocenters. The first-order valence-corrected chi connectivity index (χ1v) is 13.5. The first kappa shape index (κ1) is 22.9. The molecule has 40 heavy (non-hydrogen) atoms. The van der Waals surface area contributed by atoms with E-state index >= 15 is 0 Å². The third-order valence-corrected chi connectivity index (χ3v) is 8.11. The topological polar surface area (TPSA) is 51.8 Å². The molecule has 5 aromatic carbocycles. The largest absolute Gasteiger partial charge is 0.456 e. The summed E-state index contributed by atoms with van der Waals surface area (Å²) in [6.07, 6.45) is 0. The van der Waals surface area contributed by atoms with Crippen molar-refractivity contribution in [1.82, 2.24) is 15.0 Å². The fourth-order valence-electron chi connectivity index (χ4n) is 6.16. The summed E-state index contributed by atoms with van der Waals surface area (Å²) in [6.45, 7) is 4.58. The summed E-state index contributed by atoms with van der Waals surface area (Å²) < 4.78 is 6.59. The van der Waals surface area contributed by atoms with Gasteiger partial charge in [0.2, 0.25) is 0 Å². The molecule has 1 aliphatic carbocycles. The smallest absolute Gasteiger partial charge is 0.164 e. The van der Waals surface area contributed by atoms with Gasteiger partial charge in [-0.1, -0.05) is 105 Å². The minimum absolute atomic E-state index is 0.147. The van der Waals surface area contributed by atoms with E-state index in [4.69, 9.17) is 19.4 Å². The SMILES string of the molecule is CC1(C)c2ccccc2-c2ccc3c(oc4ccc(-c5nc(-c6ccccc6)nc(-c6ccccc6)n5)cc43)c21. The Bertz CT molecular complexity index is 2020. The number of furan rings is 1. The van der Waals surface area contributed by atoms with Crippen LogP contribution in [0.15, 0.2) is 120 Å². The van der Waals surface area contributed by atoms with Crippen LogP contribution in [-0.2, 0) is 5.41 Å². The Morgan fingerprint density at radius 3 is 1.80 bits per heavy atom. The zero-order valence-electron chi connectivity index (χ0n) is 22.2. The molecule has 0 aliphatic heterocycles. The number of nitrogens with zero attached hydrogens (tertiary/aromatic N) is 3. The maximum atomic E-state index is 6.59. The van der Waals surface area contributed by atoms with Crippen LogP contribution in [0.2, 0.25) is 0 Å². The fourth-order valence-corrected chi connectivity index (χ4v) is 6.16. The van der Waals surface area contributed by atoms with Crippen molar-refractivity contribution in [2.24, 2.45) is 0 Å². The van der Waals surface area contributed by atoms with Crippen molar-refractivity contribution < 1.29 is 4.42 Å². The lowest BCUT2D eigenvalue weighted by Gasteiger charge is -2.21. The Balaban J connectivity index is 1.33. The molecule has 0 amide bonds. The van der Waals surface area contributed by atoms with E-state index in [0.717, 1.165) is 38.6 Å². The molecule has 0 saturated heterocycles. The normalized spacial score (nSPS) is 13.4. The van der Waals surface area contributed by atoms with Crippen molar-refractivity contribution in [3.8, 4) is 45.3 Å². The maximum absolute atomic E-state index is 6.59. The van der Waals surface area contributed by atoms with Gasteiger partial charge in [-0.05, 0) is 41.0 Å². The summed E-state index contributed by atoms with van der Waals surface area (Å²) in [5.74, 6) is 1.94. The van der Waals surface area contributed by atoms with E-state index in [2.05, 4.69) is 56.3 Å². The number of aromatic nitrogens is 3. The number of hydrogen-bond donors (Lipinski definition) is 0. The minimum Gasteiger partial charge on any atom is -0.456 e. The lowest BCUT2D eigenvalue weighted by atomic mass is 9.82. The Labute approximate surface area is 232 Å². The van der Waals surface area contributed by atoms with Crippen molar-refractivity contribution in [3.05, 3.63) is 126 Å². The molecule has 4 heteroatoms. The second-order valence-corrected chi connectivity index (χ2v) is 10.9. The van der Waals surface area contributed by atoms with Gasteiger partial charge in [0, 0.05) is 38.4 Å². The van der Waals surface area contributed by atoms with E-state index in [0.29, 0.717) is 17.5 Å². The van der Waals surface area contributed by atoms with E-state index in [-0.39, 0.29) is 5.41 Å². The molecule has 2 aromatic heterocycles. The number of rotatable bonds is 3. The standard InChI is InChI=1S/C36H25N3O/c1-36(2)29-16-10-9-15-25(29)26-18-19-27-28-21-24(17-20-30(28)40-32(27)31(26)36)35-38-33(22-11-5-3-6-12-22)37-34(39-35)23-13-7-4-8-14-23/h3-21H,1-2H3. The summed E-state index contributed by atoms with van der Waals surface area (Å²) in [5, 5.41) is 2.17. The molecule has 190 valence electrons. The van der Waals surface area contributed by atoms with Gasteiger partial charge in [-0.2, -0.15) is 0 Å². The van der Waals surface area contributed by atoms with Gasteiger partial charge in [0.1, 0.15) is 11.2 Å². The Hall–Kier alpha value is -5.09. The van der Waals surface area contributed by atoms with Gasteiger partial charge in [0.25, 0.3) is 0 Å². The third kappa shape index (κ3) is 3.36. The van der Waals surface area contributed by atoms with Crippen molar-refractivity contribution in [3.63, 3.8) is 0 Å². The highest BCUT2D eigenvalue weighted by Crippen LogP contribution is 2.52. The fraction of sp³-hybridized carbons (Fsp3) is 0.0833. The average molecular weight is 516 g/mol. The van der Waals surface area contributed by atoms with Gasteiger partial charge in [-0.25, -0.2) is 15.0 Å². The summed E-state index contributed by atoms with van der Waals surface area (Å²) in [4.78, 5) is 14.7. The van der Waals surface area contributed by atoms with Gasteiger partial charge in [0.15, 0.2) is 17.5 Å². The number of hydrogen-bond acceptors (Lipinski definition) is 4. The van der Waals surface area contributed by atoms with E-state index in [1.54, 1.807) is 0 Å². The second-order valence-electron chi connectivity index (χ2n) is 10.9. The lowest BCUT2D eigenvalue weighted by Crippen LogP contribution is -2.15. The van der Waals surface area contributed by atoms with E-state index in [9.17, 15) is 0 Å². The van der Waals surface area contributed by atoms with Crippen LogP contribution < -0.4 is 0 Å². The van der Waals surface area contributed by atoms with Gasteiger partial charge < -0.3 is 4.42 Å². The molecule has 0 bridgehead atoms. The zero-order chi connectivity index (χ0) is 26.8. The number of fused-ring (bicyclic) bond motifs is 7. The summed E-state index contributed by atoms with van der Waals surface area (Å²) in [6, 6.07) is 39.5. The van der Waals surface area contributed by atoms with Crippen LogP contribution in [0.1, 0.15) is 25.0 Å². The zero-order valence-corrected chi connectivity index (χ0v) is 22.2. The van der Waals surface area contributed by atoms with Gasteiger partial charge in [0.05, 0.1) is 0 Å². The molecule has 0 N–H and O–H groups in total. The maximum Gasteiger partial charge on any atom is 0.164 e. The highest BCUT2D eigenvalue weighted by Gasteiger charge is 2.38. The van der Waals surface area contributed by atoms with Crippen LogP contribution in [0.25, 0.3) is 67.2 Å². The van der Waals surface area contributed by atoms with E-state index < -0.39 is 0 Å². The molecule has 1 aliphatic rings. The molecule has 2 heterocycles. The second kappa shape index (κ2) is 8.45. The Kier molecular flexibility index (Phi) is 4.83. The minimum atomic E-state index is -0.147. The molecule has 0 fully saturated rings. The van der Waals surface area contributed by atoms with Crippen LogP contribution in [0.3, 0.4) is 0 Å². The predicted molar refractivity (Wildman–Crippen MR) is 161 cm³/mol. The third-order valence-electron chi connectivity index (χ3n) is 8.11. The van der Waals surface area contributed by atoms with Crippen LogP contribution in [0.5, 0.6) is 0 Å². The molecule has 0 saturated carbocycles. The van der Waals surface area contributed by atoms with E-state index in [1.165, 1.54) is 22.3 Å². The number of benzene rings is 5. The summed E-state index contributed by atoms with van der Waals surface area (Å²) in [7, 11) is 0. The molecular formula is C36H25N3O. The highest BCUT2D eigenvalue weighted by atomic mass is 16.3. The first-order chi connectivity index (χ1) is 19.6. The van der Waals surface area contributed by atoms with Crippen molar-refractivity contribution in [2.45, 2.75) is 19.3 Å². The summed E-state index contributed by atoms with van der Waals surface area (Å²) in [5.41, 5.74) is 9.64. The first-order valence-electron chi connectivity index (χ1n) is 13.5. The molecule has 0 radical (unpaired) electrons. The van der Waals surface area contributed by atoms with Crippen LogP contribution in [0, 0.1) is 0 Å². The highest BCUT2D eigenvalue weighted by molar-refractivity contribution is 6.10. The molecule has 0 unspecified atom stereocenters. The summed E-state index contributed by atoms with van der Waals surface area (Å²) >= 11 is 0. The molecule has 8 rings (SSSR count). The van der Waals surface area contributed by atoms with Gasteiger partial charge in [-0.3, -0.25) is 0 Å². The van der Waals surface area contributed by atoms with E-state index in [1.807, 2.05) is 72.8 Å². The molecule has 4 nitrogen and oxygen atoms in total. The van der Waals surface area contributed by atoms with Gasteiger partial charge >= 0.3 is 0 Å². The monoisotopic (exact) mass is 515 g/mol. The van der Waals surface area contributed by atoms with Crippen molar-refractivity contribution in [1.29, 1.82) is 0 Å². The molecular weight excluding hydrogens is 490 g/mol.